The molecule has 3 atom stereocenters. The standard InChI is InChI=1S/C16H27NS/c1-12-5-4-6-15(11-12)7-9-17-14(3)16-13(2)8-10-18-16/h8,10,12,14-15,17H,4-7,9,11H2,1-3H3. The van der Waals surface area contributed by atoms with E-state index >= 15 is 0 Å². The molecule has 0 aromatic carbocycles. The van der Waals surface area contributed by atoms with Crippen LogP contribution in [0.2, 0.25) is 0 Å². The molecule has 1 aliphatic carbocycles. The van der Waals surface area contributed by atoms with Gasteiger partial charge in [0.15, 0.2) is 0 Å². The van der Waals surface area contributed by atoms with Gasteiger partial charge in [-0.2, -0.15) is 0 Å². The Balaban J connectivity index is 1.70. The summed E-state index contributed by atoms with van der Waals surface area (Å²) in [5, 5.41) is 5.90. The molecule has 1 nitrogen and oxygen atoms in total. The van der Waals surface area contributed by atoms with Crippen LogP contribution in [0.4, 0.5) is 0 Å². The third-order valence-electron chi connectivity index (χ3n) is 4.34. The molecule has 1 aromatic heterocycles. The molecular weight excluding hydrogens is 238 g/mol. The van der Waals surface area contributed by atoms with Crippen molar-refractivity contribution in [3.63, 3.8) is 0 Å². The number of thiophene rings is 1. The van der Waals surface area contributed by atoms with Gasteiger partial charge < -0.3 is 5.32 Å². The quantitative estimate of drug-likeness (QED) is 0.796. The molecule has 0 bridgehead atoms. The molecule has 1 aliphatic rings. The molecule has 2 rings (SSSR count). The Bertz CT molecular complexity index is 358. The first-order valence-electron chi connectivity index (χ1n) is 7.44. The maximum absolute atomic E-state index is 3.70. The minimum Gasteiger partial charge on any atom is -0.309 e. The van der Waals surface area contributed by atoms with Crippen molar-refractivity contribution < 1.29 is 0 Å². The highest BCUT2D eigenvalue weighted by atomic mass is 32.1. The fourth-order valence-corrected chi connectivity index (χ4v) is 4.21. The van der Waals surface area contributed by atoms with Gasteiger partial charge in [0.2, 0.25) is 0 Å². The van der Waals surface area contributed by atoms with Gasteiger partial charge in [0, 0.05) is 10.9 Å². The van der Waals surface area contributed by atoms with Crippen molar-refractivity contribution in [3.05, 3.63) is 21.9 Å². The summed E-state index contributed by atoms with van der Waals surface area (Å²) in [6.07, 6.45) is 7.17. The lowest BCUT2D eigenvalue weighted by Gasteiger charge is -2.27. The minimum absolute atomic E-state index is 0.519. The Hall–Kier alpha value is -0.340. The number of hydrogen-bond donors (Lipinski definition) is 1. The second-order valence-corrected chi connectivity index (χ2v) is 7.02. The van der Waals surface area contributed by atoms with E-state index in [1.165, 1.54) is 49.1 Å². The Morgan fingerprint density at radius 1 is 1.44 bits per heavy atom. The van der Waals surface area contributed by atoms with Crippen LogP contribution in [0.5, 0.6) is 0 Å². The zero-order chi connectivity index (χ0) is 13.0. The molecule has 1 saturated carbocycles. The molecular formula is C16H27NS. The largest absolute Gasteiger partial charge is 0.309 e. The summed E-state index contributed by atoms with van der Waals surface area (Å²) >= 11 is 1.88. The second-order valence-electron chi connectivity index (χ2n) is 6.07. The first-order valence-corrected chi connectivity index (χ1v) is 8.32. The van der Waals surface area contributed by atoms with Crippen LogP contribution in [0.15, 0.2) is 11.4 Å². The van der Waals surface area contributed by atoms with Gasteiger partial charge in [-0.15, -0.1) is 11.3 Å². The minimum atomic E-state index is 0.519. The van der Waals surface area contributed by atoms with Gasteiger partial charge in [0.25, 0.3) is 0 Å². The fraction of sp³-hybridized carbons (Fsp3) is 0.750. The fourth-order valence-electron chi connectivity index (χ4n) is 3.25. The molecule has 3 unspecified atom stereocenters. The van der Waals surface area contributed by atoms with Gasteiger partial charge >= 0.3 is 0 Å². The Kier molecular flexibility index (Phi) is 5.25. The van der Waals surface area contributed by atoms with Crippen LogP contribution in [0, 0.1) is 18.8 Å². The van der Waals surface area contributed by atoms with Gasteiger partial charge in [-0.25, -0.2) is 0 Å². The van der Waals surface area contributed by atoms with E-state index in [-0.39, 0.29) is 0 Å². The molecule has 102 valence electrons. The van der Waals surface area contributed by atoms with Crippen molar-refractivity contribution in [3.8, 4) is 0 Å². The highest BCUT2D eigenvalue weighted by molar-refractivity contribution is 7.10. The van der Waals surface area contributed by atoms with E-state index in [0.29, 0.717) is 6.04 Å². The topological polar surface area (TPSA) is 12.0 Å². The molecule has 1 N–H and O–H groups in total. The first kappa shape index (κ1) is 14.1. The maximum Gasteiger partial charge on any atom is 0.0388 e. The van der Waals surface area contributed by atoms with E-state index in [2.05, 4.69) is 37.5 Å². The van der Waals surface area contributed by atoms with Gasteiger partial charge in [-0.1, -0.05) is 26.2 Å². The average molecular weight is 265 g/mol. The van der Waals surface area contributed by atoms with Crippen molar-refractivity contribution in [2.24, 2.45) is 11.8 Å². The lowest BCUT2D eigenvalue weighted by molar-refractivity contribution is 0.265. The van der Waals surface area contributed by atoms with E-state index < -0.39 is 0 Å². The Labute approximate surface area is 116 Å². The first-order chi connectivity index (χ1) is 8.66. The smallest absolute Gasteiger partial charge is 0.0388 e. The molecule has 0 spiro atoms. The molecule has 0 radical (unpaired) electrons. The summed E-state index contributed by atoms with van der Waals surface area (Å²) < 4.78 is 0. The Morgan fingerprint density at radius 3 is 2.94 bits per heavy atom. The van der Waals surface area contributed by atoms with Crippen LogP contribution in [0.25, 0.3) is 0 Å². The van der Waals surface area contributed by atoms with Crippen LogP contribution in [0.3, 0.4) is 0 Å². The molecule has 1 aromatic rings. The zero-order valence-corrected chi connectivity index (χ0v) is 12.9. The van der Waals surface area contributed by atoms with Gasteiger partial charge in [-0.05, 0) is 62.1 Å². The maximum atomic E-state index is 3.70. The van der Waals surface area contributed by atoms with E-state index in [1.54, 1.807) is 0 Å². The third-order valence-corrected chi connectivity index (χ3v) is 5.54. The molecule has 0 amide bonds. The van der Waals surface area contributed by atoms with E-state index in [0.717, 1.165) is 11.8 Å². The predicted octanol–water partition coefficient (Wildman–Crippen LogP) is 4.92. The molecule has 1 heterocycles. The number of aryl methyl sites for hydroxylation is 1. The Morgan fingerprint density at radius 2 is 2.28 bits per heavy atom. The highest BCUT2D eigenvalue weighted by Gasteiger charge is 2.18. The summed E-state index contributed by atoms with van der Waals surface area (Å²) in [5.74, 6) is 1.93. The van der Waals surface area contributed by atoms with Crippen molar-refractivity contribution >= 4 is 11.3 Å². The molecule has 18 heavy (non-hydrogen) atoms. The summed E-state index contributed by atoms with van der Waals surface area (Å²) in [5.41, 5.74) is 1.44. The van der Waals surface area contributed by atoms with Crippen molar-refractivity contribution in [1.29, 1.82) is 0 Å². The normalized spacial score (nSPS) is 26.2. The predicted molar refractivity (Wildman–Crippen MR) is 81.2 cm³/mol. The van der Waals surface area contributed by atoms with Gasteiger partial charge in [0.05, 0.1) is 0 Å². The highest BCUT2D eigenvalue weighted by Crippen LogP contribution is 2.30. The average Bonchev–Trinajstić information content (AvgIpc) is 2.75. The van der Waals surface area contributed by atoms with E-state index in [4.69, 9.17) is 0 Å². The van der Waals surface area contributed by atoms with Crippen LogP contribution < -0.4 is 5.32 Å². The van der Waals surface area contributed by atoms with Crippen LogP contribution in [-0.4, -0.2) is 6.54 Å². The molecule has 1 fully saturated rings. The second kappa shape index (κ2) is 6.72. The third kappa shape index (κ3) is 3.83. The lowest BCUT2D eigenvalue weighted by Crippen LogP contribution is -2.23. The summed E-state index contributed by atoms with van der Waals surface area (Å²) in [4.78, 5) is 1.51. The van der Waals surface area contributed by atoms with Crippen molar-refractivity contribution in [2.75, 3.05) is 6.54 Å². The van der Waals surface area contributed by atoms with Crippen LogP contribution >= 0.6 is 11.3 Å². The van der Waals surface area contributed by atoms with Crippen molar-refractivity contribution in [1.82, 2.24) is 5.32 Å². The zero-order valence-electron chi connectivity index (χ0n) is 12.0. The number of hydrogen-bond acceptors (Lipinski definition) is 2. The van der Waals surface area contributed by atoms with E-state index in [9.17, 15) is 0 Å². The van der Waals surface area contributed by atoms with Gasteiger partial charge in [-0.3, -0.25) is 0 Å². The number of rotatable bonds is 5. The van der Waals surface area contributed by atoms with E-state index in [1.807, 2.05) is 11.3 Å². The summed E-state index contributed by atoms with van der Waals surface area (Å²) in [6.45, 7) is 8.10. The molecule has 0 aliphatic heterocycles. The van der Waals surface area contributed by atoms with Crippen molar-refractivity contribution in [2.45, 2.75) is 58.9 Å². The van der Waals surface area contributed by atoms with Crippen LogP contribution in [-0.2, 0) is 0 Å². The molecule has 2 heteroatoms. The SMILES string of the molecule is Cc1ccsc1C(C)NCCC1CCCC(C)C1. The number of nitrogens with one attached hydrogen (secondary N) is 1. The monoisotopic (exact) mass is 265 g/mol. The van der Waals surface area contributed by atoms with Crippen LogP contribution in [0.1, 0.15) is 62.4 Å². The molecule has 0 saturated heterocycles. The summed E-state index contributed by atoms with van der Waals surface area (Å²) in [7, 11) is 0. The summed E-state index contributed by atoms with van der Waals surface area (Å²) in [6, 6.07) is 2.74. The van der Waals surface area contributed by atoms with Gasteiger partial charge in [0.1, 0.15) is 0 Å². The lowest BCUT2D eigenvalue weighted by atomic mass is 9.81.